The maximum absolute atomic E-state index is 12.8. The zero-order valence-corrected chi connectivity index (χ0v) is 14.7. The molecule has 25 heavy (non-hydrogen) atoms. The highest BCUT2D eigenvalue weighted by Gasteiger charge is 2.34. The van der Waals surface area contributed by atoms with Crippen LogP contribution in [0.15, 0.2) is 35.7 Å². The second-order valence-electron chi connectivity index (χ2n) is 6.37. The molecule has 2 amide bonds. The number of benzene rings is 1. The average Bonchev–Trinajstić information content (AvgIpc) is 3.01. The van der Waals surface area contributed by atoms with E-state index in [1.807, 2.05) is 25.3 Å². The standard InChI is InChI=1S/C18H19F3N2OS/c1-11(2)22-17(24)23-9-7-15-14(8-10-25-15)16(23)12-3-5-13(6-4-12)18(19,20)21/h3-6,8,10-11,16H,7,9H2,1-2H3,(H,22,24). The summed E-state index contributed by atoms with van der Waals surface area (Å²) in [4.78, 5) is 15.5. The molecule has 3 rings (SSSR count). The fourth-order valence-corrected chi connectivity index (χ4v) is 3.98. The van der Waals surface area contributed by atoms with E-state index in [4.69, 9.17) is 0 Å². The summed E-state index contributed by atoms with van der Waals surface area (Å²) in [5.74, 6) is 0. The molecule has 1 aromatic heterocycles. The molecule has 1 aliphatic heterocycles. The molecule has 0 bridgehead atoms. The minimum absolute atomic E-state index is 0.00960. The second kappa shape index (κ2) is 6.71. The van der Waals surface area contributed by atoms with Gasteiger partial charge in [0.05, 0.1) is 11.6 Å². The molecule has 1 aliphatic rings. The normalized spacial score (nSPS) is 17.5. The number of amides is 2. The summed E-state index contributed by atoms with van der Waals surface area (Å²) < 4.78 is 38.5. The fourth-order valence-electron chi connectivity index (χ4n) is 3.08. The maximum atomic E-state index is 12.8. The fraction of sp³-hybridized carbons (Fsp3) is 0.389. The minimum atomic E-state index is -4.37. The van der Waals surface area contributed by atoms with Gasteiger partial charge in [-0.25, -0.2) is 4.79 Å². The van der Waals surface area contributed by atoms with Crippen molar-refractivity contribution >= 4 is 17.4 Å². The van der Waals surface area contributed by atoms with Crippen molar-refractivity contribution < 1.29 is 18.0 Å². The molecule has 1 N–H and O–H groups in total. The van der Waals surface area contributed by atoms with E-state index in [2.05, 4.69) is 5.32 Å². The van der Waals surface area contributed by atoms with Crippen LogP contribution in [-0.4, -0.2) is 23.5 Å². The van der Waals surface area contributed by atoms with Crippen LogP contribution in [0.3, 0.4) is 0 Å². The number of carbonyl (C=O) groups is 1. The van der Waals surface area contributed by atoms with Crippen LogP contribution >= 0.6 is 11.3 Å². The highest BCUT2D eigenvalue weighted by molar-refractivity contribution is 7.10. The molecule has 2 aromatic rings. The van der Waals surface area contributed by atoms with E-state index in [1.54, 1.807) is 16.2 Å². The topological polar surface area (TPSA) is 32.3 Å². The molecule has 0 saturated carbocycles. The molecule has 1 aromatic carbocycles. The van der Waals surface area contributed by atoms with Crippen LogP contribution in [0.5, 0.6) is 0 Å². The lowest BCUT2D eigenvalue weighted by molar-refractivity contribution is -0.137. The van der Waals surface area contributed by atoms with Gasteiger partial charge >= 0.3 is 12.2 Å². The number of alkyl halides is 3. The summed E-state index contributed by atoms with van der Waals surface area (Å²) in [5.41, 5.74) is 0.997. The summed E-state index contributed by atoms with van der Waals surface area (Å²) in [5, 5.41) is 4.85. The van der Waals surface area contributed by atoms with Crippen LogP contribution in [0.25, 0.3) is 0 Å². The predicted octanol–water partition coefficient (Wildman–Crippen LogP) is 4.83. The second-order valence-corrected chi connectivity index (χ2v) is 7.37. The van der Waals surface area contributed by atoms with E-state index < -0.39 is 11.7 Å². The van der Waals surface area contributed by atoms with E-state index in [9.17, 15) is 18.0 Å². The van der Waals surface area contributed by atoms with Gasteiger partial charge < -0.3 is 10.2 Å². The third kappa shape index (κ3) is 3.66. The average molecular weight is 368 g/mol. The van der Waals surface area contributed by atoms with E-state index in [0.717, 1.165) is 24.1 Å². The quantitative estimate of drug-likeness (QED) is 0.809. The lowest BCUT2D eigenvalue weighted by atomic mass is 9.93. The van der Waals surface area contributed by atoms with E-state index in [-0.39, 0.29) is 18.1 Å². The third-order valence-corrected chi connectivity index (χ3v) is 5.19. The minimum Gasteiger partial charge on any atom is -0.336 e. The van der Waals surface area contributed by atoms with Crippen LogP contribution in [0.1, 0.15) is 41.5 Å². The van der Waals surface area contributed by atoms with Gasteiger partial charge in [0.15, 0.2) is 0 Å². The summed E-state index contributed by atoms with van der Waals surface area (Å²) in [6.45, 7) is 4.30. The summed E-state index contributed by atoms with van der Waals surface area (Å²) in [7, 11) is 0. The first-order valence-corrected chi connectivity index (χ1v) is 8.96. The molecule has 1 atom stereocenters. The van der Waals surface area contributed by atoms with Crippen LogP contribution < -0.4 is 5.32 Å². The number of carbonyl (C=O) groups excluding carboxylic acids is 1. The van der Waals surface area contributed by atoms with Gasteiger partial charge in [0.25, 0.3) is 0 Å². The first kappa shape index (κ1) is 17.8. The lowest BCUT2D eigenvalue weighted by Crippen LogP contribution is -2.47. The van der Waals surface area contributed by atoms with Gasteiger partial charge in [0.2, 0.25) is 0 Å². The molecule has 0 saturated heterocycles. The Balaban J connectivity index is 1.98. The Bertz CT molecular complexity index is 752. The zero-order chi connectivity index (χ0) is 18.2. The Hall–Kier alpha value is -2.02. The number of nitrogens with one attached hydrogen (secondary N) is 1. The van der Waals surface area contributed by atoms with Crippen LogP contribution in [0.2, 0.25) is 0 Å². The van der Waals surface area contributed by atoms with Crippen LogP contribution in [0.4, 0.5) is 18.0 Å². The highest BCUT2D eigenvalue weighted by Crippen LogP contribution is 2.39. The van der Waals surface area contributed by atoms with Crippen molar-refractivity contribution in [3.63, 3.8) is 0 Å². The summed E-state index contributed by atoms with van der Waals surface area (Å²) >= 11 is 1.62. The zero-order valence-electron chi connectivity index (χ0n) is 13.9. The molecule has 7 heteroatoms. The number of fused-ring (bicyclic) bond motifs is 1. The van der Waals surface area contributed by atoms with Crippen molar-refractivity contribution in [1.29, 1.82) is 0 Å². The Labute approximate surface area is 148 Å². The molecule has 3 nitrogen and oxygen atoms in total. The van der Waals surface area contributed by atoms with Gasteiger partial charge in [-0.3, -0.25) is 0 Å². The number of rotatable bonds is 2. The number of nitrogens with zero attached hydrogens (tertiary/aromatic N) is 1. The number of thiophene rings is 1. The maximum Gasteiger partial charge on any atom is 0.416 e. The first-order valence-electron chi connectivity index (χ1n) is 8.08. The van der Waals surface area contributed by atoms with Gasteiger partial charge in [-0.1, -0.05) is 12.1 Å². The molecule has 1 unspecified atom stereocenters. The van der Waals surface area contributed by atoms with E-state index in [0.29, 0.717) is 12.1 Å². The Morgan fingerprint density at radius 1 is 1.24 bits per heavy atom. The number of hydrogen-bond acceptors (Lipinski definition) is 2. The summed E-state index contributed by atoms with van der Waals surface area (Å²) in [6, 6.07) is 6.48. The molecule has 2 heterocycles. The van der Waals surface area contributed by atoms with Gasteiger partial charge in [-0.05, 0) is 55.0 Å². The lowest BCUT2D eigenvalue weighted by Gasteiger charge is -2.36. The molecular formula is C18H19F3N2OS. The van der Waals surface area contributed by atoms with Gasteiger partial charge in [-0.2, -0.15) is 13.2 Å². The van der Waals surface area contributed by atoms with Crippen molar-refractivity contribution in [1.82, 2.24) is 10.2 Å². The van der Waals surface area contributed by atoms with Crippen LogP contribution in [-0.2, 0) is 12.6 Å². The largest absolute Gasteiger partial charge is 0.416 e. The summed E-state index contributed by atoms with van der Waals surface area (Å²) in [6.07, 6.45) is -3.61. The Morgan fingerprint density at radius 2 is 1.92 bits per heavy atom. The van der Waals surface area contributed by atoms with Gasteiger partial charge in [0, 0.05) is 17.5 Å². The monoisotopic (exact) mass is 368 g/mol. The van der Waals surface area contributed by atoms with E-state index in [1.165, 1.54) is 17.0 Å². The van der Waals surface area contributed by atoms with Crippen LogP contribution in [0, 0.1) is 0 Å². The molecule has 134 valence electrons. The van der Waals surface area contributed by atoms with Gasteiger partial charge in [0.1, 0.15) is 0 Å². The number of hydrogen-bond donors (Lipinski definition) is 1. The molecule has 0 aliphatic carbocycles. The number of halogens is 3. The van der Waals surface area contributed by atoms with Crippen molar-refractivity contribution in [2.24, 2.45) is 0 Å². The molecule has 0 fully saturated rings. The Morgan fingerprint density at radius 3 is 2.52 bits per heavy atom. The third-order valence-electron chi connectivity index (χ3n) is 4.19. The van der Waals surface area contributed by atoms with Crippen molar-refractivity contribution in [2.75, 3.05) is 6.54 Å². The molecular weight excluding hydrogens is 349 g/mol. The molecule has 0 spiro atoms. The Kier molecular flexibility index (Phi) is 4.77. The SMILES string of the molecule is CC(C)NC(=O)N1CCc2sccc2C1c1ccc(C(F)(F)F)cc1. The number of urea groups is 1. The van der Waals surface area contributed by atoms with Crippen molar-refractivity contribution in [3.05, 3.63) is 57.3 Å². The smallest absolute Gasteiger partial charge is 0.336 e. The van der Waals surface area contributed by atoms with Crippen molar-refractivity contribution in [2.45, 2.75) is 38.5 Å². The molecule has 0 radical (unpaired) electrons. The van der Waals surface area contributed by atoms with Crippen molar-refractivity contribution in [3.8, 4) is 0 Å². The first-order chi connectivity index (χ1) is 11.8. The van der Waals surface area contributed by atoms with Gasteiger partial charge in [-0.15, -0.1) is 11.3 Å². The highest BCUT2D eigenvalue weighted by atomic mass is 32.1. The predicted molar refractivity (Wildman–Crippen MR) is 91.7 cm³/mol. The van der Waals surface area contributed by atoms with E-state index >= 15 is 0 Å².